The fourth-order valence-electron chi connectivity index (χ4n) is 3.16. The molecule has 0 saturated carbocycles. The Hall–Kier alpha value is -2.40. The Balaban J connectivity index is 1.58. The van der Waals surface area contributed by atoms with Gasteiger partial charge in [-0.1, -0.05) is 6.07 Å². The minimum absolute atomic E-state index is 0.0177. The molecule has 2 aromatic rings. The first-order valence-corrected chi connectivity index (χ1v) is 8.22. The summed E-state index contributed by atoms with van der Waals surface area (Å²) in [5.74, 6) is 0.275. The summed E-state index contributed by atoms with van der Waals surface area (Å²) in [5, 5.41) is 5.97. The molecule has 0 aliphatic carbocycles. The molecule has 5 heteroatoms. The molecule has 126 valence electrons. The Morgan fingerprint density at radius 1 is 1.17 bits per heavy atom. The summed E-state index contributed by atoms with van der Waals surface area (Å²) >= 11 is 0. The second-order valence-electron chi connectivity index (χ2n) is 6.44. The van der Waals surface area contributed by atoms with Crippen LogP contribution in [0.2, 0.25) is 0 Å². The number of aromatic nitrogens is 1. The highest BCUT2D eigenvalue weighted by Gasteiger charge is 2.29. The molecule has 5 nitrogen and oxygen atoms in total. The molecule has 1 aromatic carbocycles. The number of amides is 2. The zero-order chi connectivity index (χ0) is 16.9. The Labute approximate surface area is 142 Å². The number of hydrogen-bond acceptors (Lipinski definition) is 3. The Kier molecular flexibility index (Phi) is 5.11. The lowest BCUT2D eigenvalue weighted by atomic mass is 9.95. The number of pyridine rings is 1. The maximum Gasteiger partial charge on any atom is 0.319 e. The largest absolute Gasteiger partial charge is 0.379 e. The van der Waals surface area contributed by atoms with Gasteiger partial charge in [0.05, 0.1) is 19.3 Å². The summed E-state index contributed by atoms with van der Waals surface area (Å²) in [6.45, 7) is 5.25. The lowest BCUT2D eigenvalue weighted by Crippen LogP contribution is -2.42. The van der Waals surface area contributed by atoms with Gasteiger partial charge in [-0.3, -0.25) is 4.98 Å². The summed E-state index contributed by atoms with van der Waals surface area (Å²) in [6.07, 6.45) is 4.46. The van der Waals surface area contributed by atoms with E-state index in [1.807, 2.05) is 38.1 Å². The number of ether oxygens (including phenoxy) is 1. The van der Waals surface area contributed by atoms with Crippen LogP contribution in [0.4, 0.5) is 10.5 Å². The van der Waals surface area contributed by atoms with Crippen LogP contribution < -0.4 is 10.6 Å². The van der Waals surface area contributed by atoms with E-state index in [4.69, 9.17) is 4.74 Å². The van der Waals surface area contributed by atoms with Crippen LogP contribution in [-0.2, 0) is 11.2 Å². The third-order valence-corrected chi connectivity index (χ3v) is 4.24. The normalized spacial score (nSPS) is 19.9. The van der Waals surface area contributed by atoms with E-state index in [0.29, 0.717) is 13.2 Å². The summed E-state index contributed by atoms with van der Waals surface area (Å²) < 4.78 is 5.57. The van der Waals surface area contributed by atoms with Crippen molar-refractivity contribution in [1.82, 2.24) is 10.3 Å². The fraction of sp³-hybridized carbons (Fsp3) is 0.368. The van der Waals surface area contributed by atoms with Gasteiger partial charge in [0, 0.05) is 24.0 Å². The summed E-state index contributed by atoms with van der Waals surface area (Å²) in [7, 11) is 0. The molecule has 1 saturated heterocycles. The van der Waals surface area contributed by atoms with Crippen molar-refractivity contribution in [1.29, 1.82) is 0 Å². The molecule has 1 aromatic heterocycles. The average molecular weight is 325 g/mol. The van der Waals surface area contributed by atoms with Crippen LogP contribution in [0.3, 0.4) is 0 Å². The molecule has 1 fully saturated rings. The first-order chi connectivity index (χ1) is 11.6. The molecule has 24 heavy (non-hydrogen) atoms. The van der Waals surface area contributed by atoms with Gasteiger partial charge in [-0.15, -0.1) is 0 Å². The van der Waals surface area contributed by atoms with E-state index in [1.165, 1.54) is 5.56 Å². The van der Waals surface area contributed by atoms with Crippen LogP contribution in [0.1, 0.15) is 16.7 Å². The van der Waals surface area contributed by atoms with Crippen LogP contribution in [0.15, 0.2) is 42.7 Å². The number of hydrogen-bond donors (Lipinski definition) is 2. The number of carbonyl (C=O) groups is 1. The molecule has 0 radical (unpaired) electrons. The molecule has 0 bridgehead atoms. The smallest absolute Gasteiger partial charge is 0.319 e. The Morgan fingerprint density at radius 2 is 1.88 bits per heavy atom. The second-order valence-corrected chi connectivity index (χ2v) is 6.44. The van der Waals surface area contributed by atoms with Crippen LogP contribution in [0.25, 0.3) is 0 Å². The van der Waals surface area contributed by atoms with Crippen LogP contribution in [-0.4, -0.2) is 30.3 Å². The molecule has 1 aliphatic heterocycles. The summed E-state index contributed by atoms with van der Waals surface area (Å²) in [4.78, 5) is 16.3. The minimum Gasteiger partial charge on any atom is -0.379 e. The van der Waals surface area contributed by atoms with Gasteiger partial charge in [0.1, 0.15) is 0 Å². The molecule has 3 rings (SSSR count). The maximum atomic E-state index is 12.3. The van der Waals surface area contributed by atoms with Gasteiger partial charge < -0.3 is 15.4 Å². The highest BCUT2D eigenvalue weighted by molar-refractivity contribution is 5.89. The first kappa shape index (κ1) is 16.5. The SMILES string of the molecule is Cc1cc(C)cc(NC(=O)N[C@H]2COC[C@H]2Cc2ccncc2)c1. The highest BCUT2D eigenvalue weighted by Crippen LogP contribution is 2.19. The van der Waals surface area contributed by atoms with E-state index >= 15 is 0 Å². The van der Waals surface area contributed by atoms with E-state index in [1.54, 1.807) is 12.4 Å². The van der Waals surface area contributed by atoms with Crippen molar-refractivity contribution in [3.05, 3.63) is 59.4 Å². The monoisotopic (exact) mass is 325 g/mol. The quantitative estimate of drug-likeness (QED) is 0.908. The van der Waals surface area contributed by atoms with Gasteiger partial charge in [-0.2, -0.15) is 0 Å². The number of nitrogens with one attached hydrogen (secondary N) is 2. The zero-order valence-electron chi connectivity index (χ0n) is 14.1. The van der Waals surface area contributed by atoms with Crippen molar-refractivity contribution in [2.24, 2.45) is 5.92 Å². The Bertz CT molecular complexity index is 683. The van der Waals surface area contributed by atoms with E-state index in [-0.39, 0.29) is 18.0 Å². The van der Waals surface area contributed by atoms with E-state index < -0.39 is 0 Å². The van der Waals surface area contributed by atoms with Crippen molar-refractivity contribution >= 4 is 11.7 Å². The Morgan fingerprint density at radius 3 is 2.58 bits per heavy atom. The minimum atomic E-state index is -0.185. The first-order valence-electron chi connectivity index (χ1n) is 8.22. The molecular weight excluding hydrogens is 302 g/mol. The second kappa shape index (κ2) is 7.45. The van der Waals surface area contributed by atoms with E-state index in [9.17, 15) is 4.79 Å². The predicted octanol–water partition coefficient (Wildman–Crippen LogP) is 3.08. The third-order valence-electron chi connectivity index (χ3n) is 4.24. The van der Waals surface area contributed by atoms with Crippen LogP contribution >= 0.6 is 0 Å². The molecule has 2 N–H and O–H groups in total. The van der Waals surface area contributed by atoms with Gasteiger partial charge in [0.25, 0.3) is 0 Å². The van der Waals surface area contributed by atoms with Crippen molar-refractivity contribution in [3.8, 4) is 0 Å². The lowest BCUT2D eigenvalue weighted by Gasteiger charge is -2.19. The van der Waals surface area contributed by atoms with Gasteiger partial charge in [-0.05, 0) is 61.2 Å². The number of anilines is 1. The van der Waals surface area contributed by atoms with Gasteiger partial charge in [-0.25, -0.2) is 4.79 Å². The number of carbonyl (C=O) groups excluding carboxylic acids is 1. The van der Waals surface area contributed by atoms with Crippen molar-refractivity contribution < 1.29 is 9.53 Å². The predicted molar refractivity (Wildman–Crippen MR) is 94.1 cm³/mol. The van der Waals surface area contributed by atoms with Crippen LogP contribution in [0, 0.1) is 19.8 Å². The number of aryl methyl sites for hydroxylation is 2. The number of rotatable bonds is 4. The molecule has 0 spiro atoms. The standard InChI is InChI=1S/C19H23N3O2/c1-13-7-14(2)9-17(8-13)21-19(23)22-18-12-24-11-16(18)10-15-3-5-20-6-4-15/h3-9,16,18H,10-12H2,1-2H3,(H2,21,22,23)/t16-,18+/m1/s1. The molecule has 2 atom stereocenters. The van der Waals surface area contributed by atoms with Crippen molar-refractivity contribution in [3.63, 3.8) is 0 Å². The van der Waals surface area contributed by atoms with E-state index in [0.717, 1.165) is 23.2 Å². The molecule has 2 amide bonds. The van der Waals surface area contributed by atoms with E-state index in [2.05, 4.69) is 21.7 Å². The zero-order valence-corrected chi connectivity index (χ0v) is 14.1. The summed E-state index contributed by atoms with van der Waals surface area (Å²) in [5.41, 5.74) is 4.28. The lowest BCUT2D eigenvalue weighted by molar-refractivity contribution is 0.182. The maximum absolute atomic E-state index is 12.3. The fourth-order valence-corrected chi connectivity index (χ4v) is 3.16. The van der Waals surface area contributed by atoms with Gasteiger partial charge in [0.2, 0.25) is 0 Å². The molecule has 1 aliphatic rings. The molecule has 2 heterocycles. The molecular formula is C19H23N3O2. The van der Waals surface area contributed by atoms with Crippen LogP contribution in [0.5, 0.6) is 0 Å². The average Bonchev–Trinajstić information content (AvgIpc) is 2.94. The highest BCUT2D eigenvalue weighted by atomic mass is 16.5. The number of nitrogens with zero attached hydrogens (tertiary/aromatic N) is 1. The van der Waals surface area contributed by atoms with Crippen molar-refractivity contribution in [2.75, 3.05) is 18.5 Å². The third kappa shape index (κ3) is 4.32. The van der Waals surface area contributed by atoms with Gasteiger partial charge in [0.15, 0.2) is 0 Å². The number of urea groups is 1. The topological polar surface area (TPSA) is 63.2 Å². The van der Waals surface area contributed by atoms with Gasteiger partial charge >= 0.3 is 6.03 Å². The number of benzene rings is 1. The van der Waals surface area contributed by atoms with Crippen molar-refractivity contribution in [2.45, 2.75) is 26.3 Å². The summed E-state index contributed by atoms with van der Waals surface area (Å²) in [6, 6.07) is 9.85. The molecule has 0 unspecified atom stereocenters.